The van der Waals surface area contributed by atoms with Gasteiger partial charge >= 0.3 is 0 Å². The summed E-state index contributed by atoms with van der Waals surface area (Å²) in [6.07, 6.45) is 2.91. The first-order chi connectivity index (χ1) is 18.9. The van der Waals surface area contributed by atoms with E-state index in [-0.39, 0.29) is 39.3 Å². The van der Waals surface area contributed by atoms with Crippen molar-refractivity contribution < 1.29 is 22.7 Å². The van der Waals surface area contributed by atoms with E-state index in [0.717, 1.165) is 40.7 Å². The molecule has 3 aromatic carbocycles. The van der Waals surface area contributed by atoms with Gasteiger partial charge in [-0.05, 0) is 67.6 Å². The first-order valence-corrected chi connectivity index (χ1v) is 14.7. The zero-order chi connectivity index (χ0) is 27.0. The lowest BCUT2D eigenvalue weighted by Crippen LogP contribution is -2.22. The Morgan fingerprint density at radius 2 is 1.90 bits per heavy atom. The standard InChI is InChI=1S/C28H24N4O5S2/c33-26(18-7-10-25-23(13-18)32-27(34)22-3-1-2-4-24(22)39(25,35)36)30-15-21-16-31-28(38-21)17-5-8-19(9-6-17)37-20-11-12-29-14-20/h1-10,13,16,20,29H,11-12,14-15H2,(H,30,33)(H,32,34)/t20-/m0/s1. The summed E-state index contributed by atoms with van der Waals surface area (Å²) in [7, 11) is -3.93. The van der Waals surface area contributed by atoms with E-state index in [9.17, 15) is 18.0 Å². The Balaban J connectivity index is 1.13. The molecule has 1 saturated heterocycles. The van der Waals surface area contributed by atoms with E-state index in [1.54, 1.807) is 18.3 Å². The lowest BCUT2D eigenvalue weighted by atomic mass is 10.1. The van der Waals surface area contributed by atoms with E-state index in [2.05, 4.69) is 20.9 Å². The maximum Gasteiger partial charge on any atom is 0.257 e. The number of sulfone groups is 1. The Morgan fingerprint density at radius 3 is 2.69 bits per heavy atom. The molecule has 0 spiro atoms. The van der Waals surface area contributed by atoms with E-state index in [1.807, 2.05) is 24.3 Å². The highest BCUT2D eigenvalue weighted by atomic mass is 32.2. The molecular formula is C28H24N4O5S2. The highest BCUT2D eigenvalue weighted by Gasteiger charge is 2.31. The topological polar surface area (TPSA) is 126 Å². The number of amides is 2. The number of nitrogens with one attached hydrogen (secondary N) is 3. The van der Waals surface area contributed by atoms with Gasteiger partial charge in [0.1, 0.15) is 16.9 Å². The molecule has 0 bridgehead atoms. The van der Waals surface area contributed by atoms with Crippen molar-refractivity contribution in [2.24, 2.45) is 0 Å². The maximum atomic E-state index is 13.2. The first-order valence-electron chi connectivity index (χ1n) is 12.4. The molecule has 1 fully saturated rings. The van der Waals surface area contributed by atoms with E-state index >= 15 is 0 Å². The number of fused-ring (bicyclic) bond motifs is 2. The van der Waals surface area contributed by atoms with E-state index in [1.165, 1.54) is 41.7 Å². The van der Waals surface area contributed by atoms with Gasteiger partial charge in [-0.1, -0.05) is 12.1 Å². The molecule has 0 unspecified atom stereocenters. The van der Waals surface area contributed by atoms with Crippen molar-refractivity contribution in [1.82, 2.24) is 15.6 Å². The maximum absolute atomic E-state index is 13.2. The van der Waals surface area contributed by atoms with Crippen LogP contribution in [-0.4, -0.2) is 44.4 Å². The lowest BCUT2D eigenvalue weighted by molar-refractivity contribution is 0.0949. The number of benzene rings is 3. The van der Waals surface area contributed by atoms with E-state index in [0.29, 0.717) is 0 Å². The minimum Gasteiger partial charge on any atom is -0.489 e. The molecule has 198 valence electrons. The number of hydrogen-bond acceptors (Lipinski definition) is 8. The Morgan fingerprint density at radius 1 is 1.08 bits per heavy atom. The Labute approximate surface area is 229 Å². The van der Waals surface area contributed by atoms with Crippen molar-refractivity contribution in [1.29, 1.82) is 0 Å². The van der Waals surface area contributed by atoms with Crippen molar-refractivity contribution >= 4 is 38.7 Å². The fourth-order valence-corrected chi connectivity index (χ4v) is 7.04. The number of ether oxygens (including phenoxy) is 1. The molecule has 1 aromatic heterocycles. The van der Waals surface area contributed by atoms with Crippen LogP contribution in [0.1, 0.15) is 32.0 Å². The average Bonchev–Trinajstić information content (AvgIpc) is 3.63. The molecule has 0 saturated carbocycles. The van der Waals surface area contributed by atoms with Gasteiger partial charge in [-0.3, -0.25) is 9.59 Å². The highest BCUT2D eigenvalue weighted by molar-refractivity contribution is 7.91. The molecule has 2 amide bonds. The summed E-state index contributed by atoms with van der Waals surface area (Å²) in [5, 5.41) is 9.58. The number of thiazole rings is 1. The van der Waals surface area contributed by atoms with Gasteiger partial charge in [0.25, 0.3) is 11.8 Å². The van der Waals surface area contributed by atoms with Gasteiger partial charge in [-0.15, -0.1) is 11.3 Å². The lowest BCUT2D eigenvalue weighted by Gasteiger charge is -2.12. The predicted molar refractivity (Wildman–Crippen MR) is 147 cm³/mol. The molecule has 2 aliphatic heterocycles. The fourth-order valence-electron chi connectivity index (χ4n) is 4.59. The van der Waals surface area contributed by atoms with Crippen LogP contribution < -0.4 is 20.7 Å². The smallest absolute Gasteiger partial charge is 0.257 e. The Bertz CT molecular complexity index is 1680. The number of nitrogens with zero attached hydrogens (tertiary/aromatic N) is 1. The minimum atomic E-state index is -3.93. The van der Waals surface area contributed by atoms with Crippen molar-refractivity contribution in [3.63, 3.8) is 0 Å². The predicted octanol–water partition coefficient (Wildman–Crippen LogP) is 3.88. The summed E-state index contributed by atoms with van der Waals surface area (Å²) in [6, 6.07) is 18.0. The van der Waals surface area contributed by atoms with Crippen LogP contribution in [0.25, 0.3) is 10.6 Å². The number of carbonyl (C=O) groups excluding carboxylic acids is 2. The molecule has 6 rings (SSSR count). The summed E-state index contributed by atoms with van der Waals surface area (Å²) in [4.78, 5) is 30.8. The summed E-state index contributed by atoms with van der Waals surface area (Å²) < 4.78 is 32.3. The molecule has 0 aliphatic carbocycles. The zero-order valence-corrected chi connectivity index (χ0v) is 22.3. The van der Waals surface area contributed by atoms with Crippen LogP contribution in [-0.2, 0) is 16.4 Å². The van der Waals surface area contributed by atoms with Crippen LogP contribution in [0.3, 0.4) is 0 Å². The van der Waals surface area contributed by atoms with Crippen molar-refractivity contribution in [3.8, 4) is 16.3 Å². The van der Waals surface area contributed by atoms with Gasteiger partial charge in [-0.25, -0.2) is 13.4 Å². The first kappa shape index (κ1) is 25.2. The second-order valence-corrected chi connectivity index (χ2v) is 12.2. The number of carbonyl (C=O) groups is 2. The van der Waals surface area contributed by atoms with Crippen molar-refractivity contribution in [2.75, 3.05) is 18.4 Å². The monoisotopic (exact) mass is 560 g/mol. The zero-order valence-electron chi connectivity index (χ0n) is 20.6. The van der Waals surface area contributed by atoms with Crippen LogP contribution in [0, 0.1) is 0 Å². The summed E-state index contributed by atoms with van der Waals surface area (Å²) >= 11 is 1.47. The number of anilines is 1. The van der Waals surface area contributed by atoms with Crippen LogP contribution in [0.5, 0.6) is 5.75 Å². The summed E-state index contributed by atoms with van der Waals surface area (Å²) in [5.74, 6) is -0.119. The minimum absolute atomic E-state index is 0.0548. The van der Waals surface area contributed by atoms with Gasteiger partial charge in [0.15, 0.2) is 0 Å². The third-order valence-corrected chi connectivity index (χ3v) is 9.51. The normalized spacial score (nSPS) is 17.4. The highest BCUT2D eigenvalue weighted by Crippen LogP contribution is 2.34. The number of hydrogen-bond donors (Lipinski definition) is 3. The third-order valence-electron chi connectivity index (χ3n) is 6.60. The molecule has 3 N–H and O–H groups in total. The third kappa shape index (κ3) is 5.03. The number of aromatic nitrogens is 1. The largest absolute Gasteiger partial charge is 0.489 e. The second kappa shape index (κ2) is 10.3. The molecule has 9 nitrogen and oxygen atoms in total. The quantitative estimate of drug-likeness (QED) is 0.327. The van der Waals surface area contributed by atoms with Gasteiger partial charge in [0.2, 0.25) is 9.84 Å². The van der Waals surface area contributed by atoms with Crippen LogP contribution in [0.2, 0.25) is 0 Å². The fraction of sp³-hybridized carbons (Fsp3) is 0.179. The SMILES string of the molecule is O=C(NCc1cnc(-c2ccc(O[C@H]3CCNC3)cc2)s1)c1ccc2c(c1)NC(=O)c1ccccc1S2(=O)=O. The Kier molecular flexibility index (Phi) is 6.63. The molecule has 11 heteroatoms. The second-order valence-electron chi connectivity index (χ2n) is 9.24. The average molecular weight is 561 g/mol. The van der Waals surface area contributed by atoms with Gasteiger partial charge in [0, 0.05) is 28.7 Å². The van der Waals surface area contributed by atoms with Crippen LogP contribution >= 0.6 is 11.3 Å². The van der Waals surface area contributed by atoms with Crippen LogP contribution in [0.4, 0.5) is 5.69 Å². The van der Waals surface area contributed by atoms with Crippen molar-refractivity contribution in [2.45, 2.75) is 28.9 Å². The van der Waals surface area contributed by atoms with Gasteiger partial charge < -0.3 is 20.7 Å². The van der Waals surface area contributed by atoms with Crippen LogP contribution in [0.15, 0.2) is 82.7 Å². The Hall–Kier alpha value is -4.06. The molecule has 3 heterocycles. The van der Waals surface area contributed by atoms with Gasteiger partial charge in [0.05, 0.1) is 27.6 Å². The van der Waals surface area contributed by atoms with E-state index in [4.69, 9.17) is 4.74 Å². The van der Waals surface area contributed by atoms with Gasteiger partial charge in [-0.2, -0.15) is 0 Å². The molecule has 0 radical (unpaired) electrons. The molecule has 39 heavy (non-hydrogen) atoms. The molecule has 1 atom stereocenters. The summed E-state index contributed by atoms with van der Waals surface area (Å²) in [5.41, 5.74) is 1.32. The molecule has 4 aromatic rings. The summed E-state index contributed by atoms with van der Waals surface area (Å²) in [6.45, 7) is 2.08. The molecular weight excluding hydrogens is 536 g/mol. The van der Waals surface area contributed by atoms with E-state index < -0.39 is 21.7 Å². The molecule has 2 aliphatic rings. The van der Waals surface area contributed by atoms with Crippen molar-refractivity contribution in [3.05, 3.63) is 88.9 Å². The number of rotatable bonds is 6.